The van der Waals surface area contributed by atoms with Crippen molar-refractivity contribution in [2.75, 3.05) is 5.32 Å². The van der Waals surface area contributed by atoms with Crippen LogP contribution in [0.5, 0.6) is 0 Å². The molecule has 4 nitrogen and oxygen atoms in total. The summed E-state index contributed by atoms with van der Waals surface area (Å²) in [4.78, 5) is 10.4. The molecule has 0 bridgehead atoms. The topological polar surface area (TPSA) is 55.2 Å². The molecule has 0 atom stereocenters. The Morgan fingerprint density at radius 3 is 2.74 bits per heavy atom. The van der Waals surface area contributed by atoms with E-state index >= 15 is 0 Å². The van der Waals surface area contributed by atoms with Gasteiger partial charge < -0.3 is 5.32 Å². The van der Waals surface area contributed by atoms with Gasteiger partial charge in [-0.2, -0.15) is 0 Å². The quantitative estimate of drug-likeness (QED) is 0.680. The van der Waals surface area contributed by atoms with Crippen molar-refractivity contribution in [3.8, 4) is 0 Å². The SMILES string of the molecule is O=[N+]([O-])c1ccc(Br)cc1NCc1cccc(F)c1. The fourth-order valence-corrected chi connectivity index (χ4v) is 2.01. The average molecular weight is 325 g/mol. The highest BCUT2D eigenvalue weighted by molar-refractivity contribution is 9.10. The number of benzene rings is 2. The van der Waals surface area contributed by atoms with E-state index in [9.17, 15) is 14.5 Å². The minimum atomic E-state index is -0.458. The largest absolute Gasteiger partial charge is 0.375 e. The number of nitrogens with one attached hydrogen (secondary N) is 1. The molecule has 19 heavy (non-hydrogen) atoms. The van der Waals surface area contributed by atoms with Crippen molar-refractivity contribution >= 4 is 27.3 Å². The van der Waals surface area contributed by atoms with Gasteiger partial charge in [-0.05, 0) is 29.8 Å². The van der Waals surface area contributed by atoms with Crippen LogP contribution in [0, 0.1) is 15.9 Å². The van der Waals surface area contributed by atoms with E-state index in [0.717, 1.165) is 4.47 Å². The van der Waals surface area contributed by atoms with Gasteiger partial charge in [0.2, 0.25) is 0 Å². The summed E-state index contributed by atoms with van der Waals surface area (Å²) in [6, 6.07) is 10.7. The molecular weight excluding hydrogens is 315 g/mol. The van der Waals surface area contributed by atoms with Crippen LogP contribution in [-0.4, -0.2) is 4.92 Å². The first kappa shape index (κ1) is 13.5. The lowest BCUT2D eigenvalue weighted by Crippen LogP contribution is -2.02. The van der Waals surface area contributed by atoms with Gasteiger partial charge in [0.25, 0.3) is 5.69 Å². The predicted molar refractivity (Wildman–Crippen MR) is 74.5 cm³/mol. The Labute approximate surface area is 117 Å². The molecule has 0 unspecified atom stereocenters. The molecule has 0 saturated heterocycles. The van der Waals surface area contributed by atoms with Crippen LogP contribution in [-0.2, 0) is 6.54 Å². The number of anilines is 1. The Balaban J connectivity index is 2.19. The highest BCUT2D eigenvalue weighted by atomic mass is 79.9. The maximum absolute atomic E-state index is 13.0. The van der Waals surface area contributed by atoms with Crippen LogP contribution >= 0.6 is 15.9 Å². The Kier molecular flexibility index (Phi) is 4.11. The molecule has 2 aromatic carbocycles. The van der Waals surface area contributed by atoms with Crippen LogP contribution in [0.3, 0.4) is 0 Å². The lowest BCUT2D eigenvalue weighted by Gasteiger charge is -2.07. The van der Waals surface area contributed by atoms with Crippen LogP contribution in [0.4, 0.5) is 15.8 Å². The zero-order chi connectivity index (χ0) is 13.8. The van der Waals surface area contributed by atoms with Crippen LogP contribution in [0.25, 0.3) is 0 Å². The standard InChI is InChI=1S/C13H10BrFN2O2/c14-10-4-5-13(17(18)19)12(7-10)16-8-9-2-1-3-11(15)6-9/h1-7,16H,8H2. The molecule has 0 radical (unpaired) electrons. The van der Waals surface area contributed by atoms with Crippen LogP contribution < -0.4 is 5.32 Å². The van der Waals surface area contributed by atoms with Gasteiger partial charge in [0.05, 0.1) is 4.92 Å². The van der Waals surface area contributed by atoms with Crippen molar-refractivity contribution in [2.24, 2.45) is 0 Å². The van der Waals surface area contributed by atoms with Gasteiger partial charge in [-0.15, -0.1) is 0 Å². The van der Waals surface area contributed by atoms with Gasteiger partial charge in [0.15, 0.2) is 0 Å². The first-order valence-electron chi connectivity index (χ1n) is 5.48. The van der Waals surface area contributed by atoms with Crippen molar-refractivity contribution in [1.82, 2.24) is 0 Å². The molecule has 0 spiro atoms. The van der Waals surface area contributed by atoms with Gasteiger partial charge in [-0.3, -0.25) is 10.1 Å². The van der Waals surface area contributed by atoms with E-state index in [4.69, 9.17) is 0 Å². The number of rotatable bonds is 4. The second-order valence-electron chi connectivity index (χ2n) is 3.90. The molecule has 0 saturated carbocycles. The van der Waals surface area contributed by atoms with Crippen molar-refractivity contribution in [2.45, 2.75) is 6.54 Å². The molecular formula is C13H10BrFN2O2. The average Bonchev–Trinajstić information content (AvgIpc) is 2.36. The van der Waals surface area contributed by atoms with E-state index in [0.29, 0.717) is 17.8 Å². The molecule has 0 amide bonds. The van der Waals surface area contributed by atoms with E-state index in [1.54, 1.807) is 24.3 Å². The summed E-state index contributed by atoms with van der Waals surface area (Å²) in [5.41, 5.74) is 1.09. The highest BCUT2D eigenvalue weighted by Gasteiger charge is 2.13. The van der Waals surface area contributed by atoms with E-state index in [2.05, 4.69) is 21.2 Å². The van der Waals surface area contributed by atoms with E-state index in [-0.39, 0.29) is 11.5 Å². The lowest BCUT2D eigenvalue weighted by molar-refractivity contribution is -0.384. The fraction of sp³-hybridized carbons (Fsp3) is 0.0769. The molecule has 0 fully saturated rings. The number of nitrogens with zero attached hydrogens (tertiary/aromatic N) is 1. The molecule has 2 aromatic rings. The van der Waals surface area contributed by atoms with Gasteiger partial charge in [-0.25, -0.2) is 4.39 Å². The third kappa shape index (κ3) is 3.51. The van der Waals surface area contributed by atoms with Gasteiger partial charge >= 0.3 is 0 Å². The molecule has 6 heteroatoms. The Bertz CT molecular complexity index is 619. The van der Waals surface area contributed by atoms with Gasteiger partial charge in [0, 0.05) is 17.1 Å². The Hall–Kier alpha value is -1.95. The summed E-state index contributed by atoms with van der Waals surface area (Å²) >= 11 is 3.26. The Morgan fingerprint density at radius 2 is 2.05 bits per heavy atom. The second-order valence-corrected chi connectivity index (χ2v) is 4.82. The minimum absolute atomic E-state index is 0.0143. The summed E-state index contributed by atoms with van der Waals surface area (Å²) in [5.74, 6) is -0.331. The molecule has 98 valence electrons. The molecule has 0 heterocycles. The summed E-state index contributed by atoms with van der Waals surface area (Å²) < 4.78 is 13.8. The zero-order valence-corrected chi connectivity index (χ0v) is 11.4. The van der Waals surface area contributed by atoms with Crippen LogP contribution in [0.15, 0.2) is 46.9 Å². The number of hydrogen-bond acceptors (Lipinski definition) is 3. The monoisotopic (exact) mass is 324 g/mol. The number of hydrogen-bond donors (Lipinski definition) is 1. The van der Waals surface area contributed by atoms with Gasteiger partial charge in [0.1, 0.15) is 11.5 Å². The summed E-state index contributed by atoms with van der Waals surface area (Å²) in [5, 5.41) is 13.8. The summed E-state index contributed by atoms with van der Waals surface area (Å²) in [6.45, 7) is 0.315. The van der Waals surface area contributed by atoms with E-state index in [1.807, 2.05) is 0 Å². The van der Waals surface area contributed by atoms with Crippen molar-refractivity contribution in [3.63, 3.8) is 0 Å². The summed E-state index contributed by atoms with van der Waals surface area (Å²) in [7, 11) is 0. The molecule has 1 N–H and O–H groups in total. The second kappa shape index (κ2) is 5.79. The summed E-state index contributed by atoms with van der Waals surface area (Å²) in [6.07, 6.45) is 0. The Morgan fingerprint density at radius 1 is 1.26 bits per heavy atom. The molecule has 0 aromatic heterocycles. The molecule has 2 rings (SSSR count). The lowest BCUT2D eigenvalue weighted by atomic mass is 10.2. The van der Waals surface area contributed by atoms with Crippen LogP contribution in [0.2, 0.25) is 0 Å². The van der Waals surface area contributed by atoms with Crippen molar-refractivity contribution < 1.29 is 9.31 Å². The van der Waals surface area contributed by atoms with Crippen molar-refractivity contribution in [1.29, 1.82) is 0 Å². The molecule has 0 aliphatic rings. The van der Waals surface area contributed by atoms with Crippen LogP contribution in [0.1, 0.15) is 5.56 Å². The number of halogens is 2. The number of nitro groups is 1. The maximum atomic E-state index is 13.0. The van der Waals surface area contributed by atoms with Gasteiger partial charge in [-0.1, -0.05) is 28.1 Å². The molecule has 0 aliphatic heterocycles. The third-order valence-corrected chi connectivity index (χ3v) is 3.02. The smallest absolute Gasteiger partial charge is 0.292 e. The zero-order valence-electron chi connectivity index (χ0n) is 9.77. The number of nitro benzene ring substituents is 1. The first-order chi connectivity index (χ1) is 9.06. The first-order valence-corrected chi connectivity index (χ1v) is 6.28. The van der Waals surface area contributed by atoms with E-state index in [1.165, 1.54) is 18.2 Å². The predicted octanol–water partition coefficient (Wildman–Crippen LogP) is 4.11. The highest BCUT2D eigenvalue weighted by Crippen LogP contribution is 2.28. The van der Waals surface area contributed by atoms with E-state index < -0.39 is 4.92 Å². The normalized spacial score (nSPS) is 10.2. The third-order valence-electron chi connectivity index (χ3n) is 2.53. The minimum Gasteiger partial charge on any atom is -0.375 e. The fourth-order valence-electron chi connectivity index (χ4n) is 1.65. The molecule has 0 aliphatic carbocycles. The maximum Gasteiger partial charge on any atom is 0.292 e. The van der Waals surface area contributed by atoms with Crippen molar-refractivity contribution in [3.05, 3.63) is 68.4 Å².